The average Bonchev–Trinajstić information content (AvgIpc) is 3.58. The summed E-state index contributed by atoms with van der Waals surface area (Å²) in [7, 11) is 0. The molecule has 0 unspecified atom stereocenters. The summed E-state index contributed by atoms with van der Waals surface area (Å²) in [4.78, 5) is 26.0. The molecule has 1 amide bonds. The molecule has 3 heterocycles. The number of nitrogens with two attached hydrogens (primary N) is 1. The minimum Gasteiger partial charge on any atom is -0.382 e. The maximum Gasteiger partial charge on any atom is 0.251 e. The van der Waals surface area contributed by atoms with Gasteiger partial charge in [-0.05, 0) is 73.8 Å². The molecule has 0 aliphatic heterocycles. The predicted molar refractivity (Wildman–Crippen MR) is 157 cm³/mol. The molecule has 7 heteroatoms. The van der Waals surface area contributed by atoms with Gasteiger partial charge in [0.15, 0.2) is 0 Å². The van der Waals surface area contributed by atoms with E-state index in [1.807, 2.05) is 24.4 Å². The van der Waals surface area contributed by atoms with E-state index >= 15 is 0 Å². The molecular weight excluding hydrogens is 484 g/mol. The molecule has 39 heavy (non-hydrogen) atoms. The van der Waals surface area contributed by atoms with E-state index in [0.717, 1.165) is 83.3 Å². The van der Waals surface area contributed by atoms with Crippen molar-refractivity contribution in [3.05, 3.63) is 83.4 Å². The Morgan fingerprint density at radius 1 is 1.08 bits per heavy atom. The maximum atomic E-state index is 13.0. The van der Waals surface area contributed by atoms with Gasteiger partial charge in [0.2, 0.25) is 0 Å². The second kappa shape index (κ2) is 10.6. The zero-order chi connectivity index (χ0) is 26.9. The van der Waals surface area contributed by atoms with Crippen LogP contribution in [-0.4, -0.2) is 31.8 Å². The number of nitrogens with one attached hydrogen (secondary N) is 2. The van der Waals surface area contributed by atoms with Crippen molar-refractivity contribution in [2.75, 3.05) is 12.3 Å². The Morgan fingerprint density at radius 3 is 2.67 bits per heavy atom. The van der Waals surface area contributed by atoms with Crippen LogP contribution in [0.5, 0.6) is 0 Å². The first-order chi connectivity index (χ1) is 19.1. The second-order valence-corrected chi connectivity index (χ2v) is 10.7. The van der Waals surface area contributed by atoms with Gasteiger partial charge in [-0.1, -0.05) is 44.2 Å². The van der Waals surface area contributed by atoms with E-state index in [9.17, 15) is 4.79 Å². The lowest BCUT2D eigenvalue weighted by atomic mass is 9.81. The highest BCUT2D eigenvalue weighted by atomic mass is 16.1. The topological polar surface area (TPSA) is 101 Å². The van der Waals surface area contributed by atoms with Gasteiger partial charge in [-0.25, -0.2) is 9.97 Å². The van der Waals surface area contributed by atoms with E-state index in [4.69, 9.17) is 10.7 Å². The molecule has 0 atom stereocenters. The molecule has 200 valence electrons. The number of aromatic amines is 1. The zero-order valence-electron chi connectivity index (χ0n) is 22.7. The summed E-state index contributed by atoms with van der Waals surface area (Å²) < 4.78 is 2.13. The van der Waals surface area contributed by atoms with Crippen LogP contribution in [0.2, 0.25) is 0 Å². The van der Waals surface area contributed by atoms with E-state index in [0.29, 0.717) is 24.2 Å². The first kappa shape index (κ1) is 25.2. The summed E-state index contributed by atoms with van der Waals surface area (Å²) >= 11 is 0. The van der Waals surface area contributed by atoms with Gasteiger partial charge in [0.05, 0.1) is 5.69 Å². The summed E-state index contributed by atoms with van der Waals surface area (Å²) in [6.45, 7) is 4.97. The fourth-order valence-electron chi connectivity index (χ4n) is 6.10. The molecule has 1 fully saturated rings. The number of amides is 1. The monoisotopic (exact) mass is 520 g/mol. The normalized spacial score (nSPS) is 17.6. The lowest BCUT2D eigenvalue weighted by molar-refractivity contribution is 0.0942. The third-order valence-corrected chi connectivity index (χ3v) is 8.36. The fourth-order valence-corrected chi connectivity index (χ4v) is 6.10. The first-order valence-corrected chi connectivity index (χ1v) is 14.2. The lowest BCUT2D eigenvalue weighted by Gasteiger charge is -2.28. The number of aryl methyl sites for hydroxylation is 2. The van der Waals surface area contributed by atoms with Gasteiger partial charge in [-0.2, -0.15) is 0 Å². The van der Waals surface area contributed by atoms with Crippen LogP contribution in [0.1, 0.15) is 72.8 Å². The number of hydrogen-bond donors (Lipinski definition) is 3. The third kappa shape index (κ3) is 4.78. The minimum atomic E-state index is 0.0434. The minimum absolute atomic E-state index is 0.0434. The van der Waals surface area contributed by atoms with Crippen LogP contribution in [0.25, 0.3) is 27.8 Å². The van der Waals surface area contributed by atoms with Gasteiger partial charge >= 0.3 is 0 Å². The molecule has 5 aromatic rings. The Morgan fingerprint density at radius 2 is 1.90 bits per heavy atom. The Kier molecular flexibility index (Phi) is 6.81. The zero-order valence-corrected chi connectivity index (χ0v) is 22.7. The van der Waals surface area contributed by atoms with E-state index < -0.39 is 0 Å². The van der Waals surface area contributed by atoms with Crippen molar-refractivity contribution in [1.82, 2.24) is 24.7 Å². The number of benzene rings is 2. The van der Waals surface area contributed by atoms with Gasteiger partial charge in [-0.3, -0.25) is 9.20 Å². The predicted octanol–water partition coefficient (Wildman–Crippen LogP) is 6.29. The molecule has 1 aliphatic rings. The highest BCUT2D eigenvalue weighted by Crippen LogP contribution is 2.38. The number of fused-ring (bicyclic) bond motifs is 2. The molecular formula is C32H36N6O. The van der Waals surface area contributed by atoms with Crippen LogP contribution >= 0.6 is 0 Å². The summed E-state index contributed by atoms with van der Waals surface area (Å²) in [6.07, 6.45) is 9.73. The number of H-pyrrole nitrogens is 1. The van der Waals surface area contributed by atoms with Crippen molar-refractivity contribution in [2.45, 2.75) is 58.3 Å². The van der Waals surface area contributed by atoms with Crippen molar-refractivity contribution in [1.29, 1.82) is 0 Å². The number of carbonyl (C=O) groups excluding carboxylic acids is 1. The van der Waals surface area contributed by atoms with E-state index in [1.165, 1.54) is 5.56 Å². The molecule has 4 N–H and O–H groups in total. The fraction of sp³-hybridized carbons (Fsp3) is 0.344. The van der Waals surface area contributed by atoms with Gasteiger partial charge in [0.1, 0.15) is 22.9 Å². The van der Waals surface area contributed by atoms with Crippen molar-refractivity contribution in [2.24, 2.45) is 5.92 Å². The third-order valence-electron chi connectivity index (χ3n) is 8.36. The van der Waals surface area contributed by atoms with Crippen LogP contribution in [0.15, 0.2) is 60.9 Å². The van der Waals surface area contributed by atoms with Crippen LogP contribution in [0.4, 0.5) is 5.82 Å². The van der Waals surface area contributed by atoms with Gasteiger partial charge in [0, 0.05) is 41.3 Å². The highest BCUT2D eigenvalue weighted by molar-refractivity contribution is 5.95. The summed E-state index contributed by atoms with van der Waals surface area (Å²) in [6, 6.07) is 16.6. The Balaban J connectivity index is 1.17. The Labute approximate surface area is 228 Å². The second-order valence-electron chi connectivity index (χ2n) is 10.7. The lowest BCUT2D eigenvalue weighted by Crippen LogP contribution is -2.31. The molecule has 0 bridgehead atoms. The number of carbonyl (C=O) groups is 1. The summed E-state index contributed by atoms with van der Waals surface area (Å²) in [5, 5.41) is 4.37. The summed E-state index contributed by atoms with van der Waals surface area (Å²) in [5.41, 5.74) is 13.3. The quantitative estimate of drug-likeness (QED) is 0.235. The number of nitrogens with zero attached hydrogens (tertiary/aromatic N) is 3. The van der Waals surface area contributed by atoms with E-state index in [1.54, 1.807) is 6.20 Å². The standard InChI is InChI=1S/C32H36N6O/c1-3-20-11-14-25(22(4-2)17-20)32(39)35-19-21-9-12-23(13-10-21)31-37-28(29-30(33)34-15-16-38(29)31)27-18-24-7-5-6-8-26(24)36-27/h5-8,11,14-18,21,23,36H,3-4,9-10,12-13,19H2,1-2H3,(H2,33,34)(H,35,39). The smallest absolute Gasteiger partial charge is 0.251 e. The molecule has 7 nitrogen and oxygen atoms in total. The molecule has 0 radical (unpaired) electrons. The van der Waals surface area contributed by atoms with Crippen molar-refractivity contribution < 1.29 is 4.79 Å². The number of rotatable bonds is 7. The number of aromatic nitrogens is 4. The summed E-state index contributed by atoms with van der Waals surface area (Å²) in [5.74, 6) is 2.37. The molecule has 0 spiro atoms. The largest absolute Gasteiger partial charge is 0.382 e. The van der Waals surface area contributed by atoms with Crippen molar-refractivity contribution in [3.63, 3.8) is 0 Å². The highest BCUT2D eigenvalue weighted by Gasteiger charge is 2.28. The SMILES string of the molecule is CCc1ccc(C(=O)NCC2CCC(c3nc(-c4cc5ccccc5[nH]4)c4c(N)nccn34)CC2)c(CC)c1. The maximum absolute atomic E-state index is 13.0. The van der Waals surface area contributed by atoms with Gasteiger partial charge in [-0.15, -0.1) is 0 Å². The number of anilines is 1. The van der Waals surface area contributed by atoms with Crippen LogP contribution in [-0.2, 0) is 12.8 Å². The molecule has 2 aromatic carbocycles. The number of nitrogen functional groups attached to an aromatic ring is 1. The molecule has 0 saturated heterocycles. The van der Waals surface area contributed by atoms with Crippen molar-refractivity contribution >= 4 is 28.1 Å². The van der Waals surface area contributed by atoms with E-state index in [-0.39, 0.29) is 5.91 Å². The molecule has 3 aromatic heterocycles. The van der Waals surface area contributed by atoms with Crippen molar-refractivity contribution in [3.8, 4) is 11.4 Å². The van der Waals surface area contributed by atoms with Crippen LogP contribution in [0.3, 0.4) is 0 Å². The van der Waals surface area contributed by atoms with E-state index in [2.05, 4.69) is 63.9 Å². The Hall–Kier alpha value is -4.13. The first-order valence-electron chi connectivity index (χ1n) is 14.2. The van der Waals surface area contributed by atoms with Gasteiger partial charge in [0.25, 0.3) is 5.91 Å². The number of para-hydroxylation sites is 1. The molecule has 6 rings (SSSR count). The van der Waals surface area contributed by atoms with Gasteiger partial charge < -0.3 is 16.0 Å². The molecule has 1 saturated carbocycles. The number of hydrogen-bond acceptors (Lipinski definition) is 4. The van der Waals surface area contributed by atoms with Crippen LogP contribution in [0, 0.1) is 5.92 Å². The van der Waals surface area contributed by atoms with Crippen LogP contribution < -0.4 is 11.1 Å². The molecule has 1 aliphatic carbocycles. The average molecular weight is 521 g/mol. The number of imidazole rings is 1. The Bertz CT molecular complexity index is 1610.